The van der Waals surface area contributed by atoms with Crippen molar-refractivity contribution in [2.75, 3.05) is 32.0 Å². The number of sulfonamides is 1. The monoisotopic (exact) mass is 453 g/mol. The van der Waals surface area contributed by atoms with E-state index in [1.165, 1.54) is 28.6 Å². The van der Waals surface area contributed by atoms with E-state index in [1.54, 1.807) is 25.2 Å². The van der Waals surface area contributed by atoms with E-state index < -0.39 is 10.0 Å². The van der Waals surface area contributed by atoms with Gasteiger partial charge in [0.25, 0.3) is 0 Å². The third-order valence-electron chi connectivity index (χ3n) is 5.03. The van der Waals surface area contributed by atoms with Crippen molar-refractivity contribution in [1.82, 2.24) is 9.21 Å². The fourth-order valence-electron chi connectivity index (χ4n) is 3.34. The van der Waals surface area contributed by atoms with E-state index in [2.05, 4.69) is 5.32 Å². The molecule has 1 heterocycles. The lowest BCUT2D eigenvalue weighted by Gasteiger charge is -2.18. The van der Waals surface area contributed by atoms with Crippen LogP contribution in [0, 0.1) is 5.82 Å². The zero-order valence-corrected chi connectivity index (χ0v) is 18.3. The molecule has 0 bridgehead atoms. The molecule has 3 rings (SSSR count). The van der Waals surface area contributed by atoms with Crippen LogP contribution in [0.25, 0.3) is 0 Å². The van der Waals surface area contributed by atoms with Gasteiger partial charge in [0.15, 0.2) is 0 Å². The number of anilines is 1. The van der Waals surface area contributed by atoms with Crippen molar-refractivity contribution >= 4 is 33.2 Å². The van der Waals surface area contributed by atoms with E-state index in [9.17, 15) is 17.6 Å². The van der Waals surface area contributed by atoms with Gasteiger partial charge in [-0.1, -0.05) is 29.8 Å². The van der Waals surface area contributed by atoms with Gasteiger partial charge in [0, 0.05) is 38.2 Å². The van der Waals surface area contributed by atoms with Crippen LogP contribution in [-0.2, 0) is 21.4 Å². The largest absolute Gasteiger partial charge is 0.325 e. The van der Waals surface area contributed by atoms with E-state index in [0.29, 0.717) is 31.7 Å². The van der Waals surface area contributed by atoms with E-state index in [-0.39, 0.29) is 33.8 Å². The Kier molecular flexibility index (Phi) is 7.46. The van der Waals surface area contributed by atoms with Crippen molar-refractivity contribution in [3.05, 3.63) is 58.9 Å². The highest BCUT2D eigenvalue weighted by atomic mass is 35.5. The summed E-state index contributed by atoms with van der Waals surface area (Å²) < 4.78 is 40.7. The van der Waals surface area contributed by atoms with Crippen LogP contribution in [0.5, 0.6) is 0 Å². The molecule has 0 aromatic heterocycles. The standard InChI is InChI=1S/C21H25ClFN3O3S/c1-25(15-16-6-2-3-7-19(16)23)13-10-21(27)24-20-14-17(8-9-18(20)22)30(28,29)26-11-4-5-12-26/h2-3,6-9,14H,4-5,10-13,15H2,1H3,(H,24,27). The third-order valence-corrected chi connectivity index (χ3v) is 7.26. The zero-order valence-electron chi connectivity index (χ0n) is 16.8. The smallest absolute Gasteiger partial charge is 0.243 e. The number of hydrogen-bond acceptors (Lipinski definition) is 4. The maximum atomic E-state index is 13.8. The van der Waals surface area contributed by atoms with Crippen molar-refractivity contribution in [1.29, 1.82) is 0 Å². The zero-order chi connectivity index (χ0) is 21.7. The molecule has 162 valence electrons. The number of nitrogens with one attached hydrogen (secondary N) is 1. The molecule has 0 aliphatic carbocycles. The molecule has 30 heavy (non-hydrogen) atoms. The Morgan fingerprint density at radius 2 is 1.90 bits per heavy atom. The highest BCUT2D eigenvalue weighted by molar-refractivity contribution is 7.89. The molecular weight excluding hydrogens is 429 g/mol. The maximum Gasteiger partial charge on any atom is 0.243 e. The Morgan fingerprint density at radius 1 is 1.20 bits per heavy atom. The minimum atomic E-state index is -3.60. The molecule has 0 radical (unpaired) electrons. The summed E-state index contributed by atoms with van der Waals surface area (Å²) in [5.74, 6) is -0.579. The van der Waals surface area contributed by atoms with Gasteiger partial charge in [-0.25, -0.2) is 12.8 Å². The molecule has 1 saturated heterocycles. The number of amides is 1. The summed E-state index contributed by atoms with van der Waals surface area (Å²) in [6.07, 6.45) is 1.85. The maximum absolute atomic E-state index is 13.8. The Bertz CT molecular complexity index is 1010. The topological polar surface area (TPSA) is 69.7 Å². The molecule has 0 atom stereocenters. The second-order valence-electron chi connectivity index (χ2n) is 7.38. The average molecular weight is 454 g/mol. The Morgan fingerprint density at radius 3 is 2.60 bits per heavy atom. The van der Waals surface area contributed by atoms with E-state index in [0.717, 1.165) is 12.8 Å². The van der Waals surface area contributed by atoms with Crippen molar-refractivity contribution in [2.45, 2.75) is 30.7 Å². The van der Waals surface area contributed by atoms with E-state index in [4.69, 9.17) is 11.6 Å². The Hall–Kier alpha value is -2.00. The first-order chi connectivity index (χ1) is 14.3. The third kappa shape index (κ3) is 5.57. The SMILES string of the molecule is CN(CCC(=O)Nc1cc(S(=O)(=O)N2CCCC2)ccc1Cl)Cc1ccccc1F. The number of benzene rings is 2. The van der Waals surface area contributed by atoms with Crippen molar-refractivity contribution in [3.63, 3.8) is 0 Å². The molecule has 2 aromatic carbocycles. The van der Waals surface area contributed by atoms with Gasteiger partial charge in [-0.3, -0.25) is 4.79 Å². The molecule has 9 heteroatoms. The second-order valence-corrected chi connectivity index (χ2v) is 9.73. The van der Waals surface area contributed by atoms with Gasteiger partial charge in [-0.15, -0.1) is 0 Å². The van der Waals surface area contributed by atoms with Crippen LogP contribution in [0.4, 0.5) is 10.1 Å². The predicted molar refractivity (Wildman–Crippen MR) is 115 cm³/mol. The van der Waals surface area contributed by atoms with Crippen molar-refractivity contribution in [3.8, 4) is 0 Å². The van der Waals surface area contributed by atoms with Crippen LogP contribution in [-0.4, -0.2) is 50.2 Å². The summed E-state index contributed by atoms with van der Waals surface area (Å²) in [6.45, 7) is 1.79. The highest BCUT2D eigenvalue weighted by Crippen LogP contribution is 2.28. The summed E-state index contributed by atoms with van der Waals surface area (Å²) in [6, 6.07) is 10.8. The van der Waals surface area contributed by atoms with Gasteiger partial charge < -0.3 is 10.2 Å². The van der Waals surface area contributed by atoms with Crippen LogP contribution in [0.15, 0.2) is 47.4 Å². The number of rotatable bonds is 8. The van der Waals surface area contributed by atoms with Crippen molar-refractivity contribution < 1.29 is 17.6 Å². The lowest BCUT2D eigenvalue weighted by molar-refractivity contribution is -0.116. The minimum Gasteiger partial charge on any atom is -0.325 e. The molecule has 1 fully saturated rings. The van der Waals surface area contributed by atoms with Crippen LogP contribution in [0.1, 0.15) is 24.8 Å². The van der Waals surface area contributed by atoms with E-state index >= 15 is 0 Å². The van der Waals surface area contributed by atoms with Crippen LogP contribution in [0.3, 0.4) is 0 Å². The number of nitrogens with zero attached hydrogens (tertiary/aromatic N) is 2. The molecule has 1 aliphatic rings. The molecule has 1 N–H and O–H groups in total. The van der Waals surface area contributed by atoms with Gasteiger partial charge in [0.2, 0.25) is 15.9 Å². The van der Waals surface area contributed by atoms with Gasteiger partial charge in [-0.05, 0) is 44.2 Å². The van der Waals surface area contributed by atoms with E-state index in [1.807, 2.05) is 4.90 Å². The normalized spacial score (nSPS) is 14.9. The molecule has 0 saturated carbocycles. The number of carbonyl (C=O) groups is 1. The fraction of sp³-hybridized carbons (Fsp3) is 0.381. The lowest BCUT2D eigenvalue weighted by atomic mass is 10.2. The molecule has 1 amide bonds. The van der Waals surface area contributed by atoms with Crippen molar-refractivity contribution in [2.24, 2.45) is 0 Å². The second kappa shape index (κ2) is 9.87. The molecule has 1 aliphatic heterocycles. The summed E-state index contributed by atoms with van der Waals surface area (Å²) in [7, 11) is -1.80. The molecule has 2 aromatic rings. The lowest BCUT2D eigenvalue weighted by Crippen LogP contribution is -2.28. The summed E-state index contributed by atoms with van der Waals surface area (Å²) in [5, 5.41) is 2.96. The molecule has 0 unspecified atom stereocenters. The first-order valence-corrected chi connectivity index (χ1v) is 11.6. The summed E-state index contributed by atoms with van der Waals surface area (Å²) in [4.78, 5) is 14.3. The first kappa shape index (κ1) is 22.7. The molecular formula is C21H25ClFN3O3S. The Labute approximate surface area is 181 Å². The number of hydrogen-bond donors (Lipinski definition) is 1. The van der Waals surface area contributed by atoms with Gasteiger partial charge in [0.05, 0.1) is 15.6 Å². The summed E-state index contributed by atoms with van der Waals surface area (Å²) in [5.41, 5.74) is 0.821. The molecule has 0 spiro atoms. The predicted octanol–water partition coefficient (Wildman–Crippen LogP) is 3.72. The highest BCUT2D eigenvalue weighted by Gasteiger charge is 2.27. The van der Waals surface area contributed by atoms with Crippen LogP contribution >= 0.6 is 11.6 Å². The summed E-state index contributed by atoms with van der Waals surface area (Å²) >= 11 is 6.16. The van der Waals surface area contributed by atoms with Gasteiger partial charge in [-0.2, -0.15) is 4.31 Å². The van der Waals surface area contributed by atoms with Crippen LogP contribution in [0.2, 0.25) is 5.02 Å². The first-order valence-electron chi connectivity index (χ1n) is 9.79. The quantitative estimate of drug-likeness (QED) is 0.661. The van der Waals surface area contributed by atoms with Gasteiger partial charge in [0.1, 0.15) is 5.82 Å². The van der Waals surface area contributed by atoms with Crippen LogP contribution < -0.4 is 5.32 Å². The molecule has 6 nitrogen and oxygen atoms in total. The minimum absolute atomic E-state index is 0.112. The van der Waals surface area contributed by atoms with Gasteiger partial charge >= 0.3 is 0 Å². The fourth-order valence-corrected chi connectivity index (χ4v) is 5.05. The average Bonchev–Trinajstić information content (AvgIpc) is 3.25. The number of carbonyl (C=O) groups excluding carboxylic acids is 1. The Balaban J connectivity index is 1.60. The number of halogens is 2.